The van der Waals surface area contributed by atoms with Crippen molar-refractivity contribution in [3.05, 3.63) is 51.3 Å². The van der Waals surface area contributed by atoms with E-state index in [0.717, 1.165) is 11.4 Å². The van der Waals surface area contributed by atoms with Gasteiger partial charge < -0.3 is 5.32 Å². The van der Waals surface area contributed by atoms with Crippen LogP contribution in [0.15, 0.2) is 24.3 Å². The average Bonchev–Trinajstić information content (AvgIpc) is 2.40. The Labute approximate surface area is 143 Å². The molecular formula is C14H12Cl2N4OS. The first-order valence-corrected chi connectivity index (χ1v) is 7.41. The highest BCUT2D eigenvalue weighted by atomic mass is 35.5. The SMILES string of the molecule is Cc1cc(C)nc(NC(=S)NC(=O)c2ccc(Cl)c(Cl)c2)n1. The van der Waals surface area contributed by atoms with Gasteiger partial charge in [0.15, 0.2) is 5.11 Å². The lowest BCUT2D eigenvalue weighted by Gasteiger charge is -2.09. The third kappa shape index (κ3) is 4.37. The van der Waals surface area contributed by atoms with E-state index < -0.39 is 5.91 Å². The lowest BCUT2D eigenvalue weighted by molar-refractivity contribution is 0.0978. The Morgan fingerprint density at radius 1 is 1.09 bits per heavy atom. The number of carbonyl (C=O) groups excluding carboxylic acids is 1. The monoisotopic (exact) mass is 354 g/mol. The van der Waals surface area contributed by atoms with Crippen molar-refractivity contribution >= 4 is 52.4 Å². The minimum atomic E-state index is -0.402. The van der Waals surface area contributed by atoms with Gasteiger partial charge in [-0.3, -0.25) is 10.1 Å². The maximum absolute atomic E-state index is 12.1. The van der Waals surface area contributed by atoms with Crippen LogP contribution in [0.25, 0.3) is 0 Å². The van der Waals surface area contributed by atoms with Crippen molar-refractivity contribution in [1.82, 2.24) is 15.3 Å². The zero-order valence-electron chi connectivity index (χ0n) is 11.8. The summed E-state index contributed by atoms with van der Waals surface area (Å²) in [4.78, 5) is 20.4. The number of rotatable bonds is 2. The van der Waals surface area contributed by atoms with Crippen LogP contribution in [0.2, 0.25) is 10.0 Å². The second-order valence-corrected chi connectivity index (χ2v) is 5.73. The molecule has 0 aliphatic rings. The predicted octanol–water partition coefficient (Wildman–Crippen LogP) is 3.53. The molecular weight excluding hydrogens is 343 g/mol. The van der Waals surface area contributed by atoms with Gasteiger partial charge in [-0.2, -0.15) is 0 Å². The van der Waals surface area contributed by atoms with Crippen molar-refractivity contribution < 1.29 is 4.79 Å². The summed E-state index contributed by atoms with van der Waals surface area (Å²) < 4.78 is 0. The number of aryl methyl sites for hydroxylation is 2. The smallest absolute Gasteiger partial charge is 0.257 e. The molecule has 22 heavy (non-hydrogen) atoms. The van der Waals surface area contributed by atoms with E-state index in [1.165, 1.54) is 6.07 Å². The number of nitrogens with one attached hydrogen (secondary N) is 2. The van der Waals surface area contributed by atoms with E-state index in [2.05, 4.69) is 20.6 Å². The number of halogens is 2. The summed E-state index contributed by atoms with van der Waals surface area (Å²) in [5.74, 6) is -0.0719. The highest BCUT2D eigenvalue weighted by Gasteiger charge is 2.11. The first kappa shape index (κ1) is 16.6. The van der Waals surface area contributed by atoms with Crippen molar-refractivity contribution in [2.75, 3.05) is 5.32 Å². The van der Waals surface area contributed by atoms with Crippen LogP contribution in [-0.2, 0) is 0 Å². The number of hydrogen-bond acceptors (Lipinski definition) is 4. The second kappa shape index (κ2) is 7.00. The summed E-state index contributed by atoms with van der Waals surface area (Å²) in [6.45, 7) is 3.69. The van der Waals surface area contributed by atoms with Gasteiger partial charge in [-0.1, -0.05) is 23.2 Å². The van der Waals surface area contributed by atoms with Gasteiger partial charge in [-0.25, -0.2) is 9.97 Å². The van der Waals surface area contributed by atoms with Crippen molar-refractivity contribution in [3.63, 3.8) is 0 Å². The van der Waals surface area contributed by atoms with E-state index in [4.69, 9.17) is 35.4 Å². The van der Waals surface area contributed by atoms with Crippen molar-refractivity contribution in [2.24, 2.45) is 0 Å². The third-order valence-corrected chi connectivity index (χ3v) is 3.56. The van der Waals surface area contributed by atoms with Crippen molar-refractivity contribution in [1.29, 1.82) is 0 Å². The van der Waals surface area contributed by atoms with Crippen LogP contribution >= 0.6 is 35.4 Å². The van der Waals surface area contributed by atoms with Gasteiger partial charge in [0.25, 0.3) is 5.91 Å². The molecule has 0 aliphatic heterocycles. The fourth-order valence-corrected chi connectivity index (χ4v) is 2.21. The fraction of sp³-hybridized carbons (Fsp3) is 0.143. The van der Waals surface area contributed by atoms with Crippen LogP contribution in [0.1, 0.15) is 21.7 Å². The molecule has 8 heteroatoms. The minimum Gasteiger partial charge on any atom is -0.301 e. The number of nitrogens with zero attached hydrogens (tertiary/aromatic N) is 2. The zero-order valence-corrected chi connectivity index (χ0v) is 14.1. The summed E-state index contributed by atoms with van der Waals surface area (Å²) in [5.41, 5.74) is 1.95. The molecule has 0 fully saturated rings. The van der Waals surface area contributed by atoms with E-state index >= 15 is 0 Å². The Balaban J connectivity index is 2.04. The number of thiocarbonyl (C=S) groups is 1. The molecule has 5 nitrogen and oxygen atoms in total. The van der Waals surface area contributed by atoms with E-state index in [-0.39, 0.29) is 5.11 Å². The summed E-state index contributed by atoms with van der Waals surface area (Å²) in [7, 11) is 0. The number of carbonyl (C=O) groups is 1. The van der Waals surface area contributed by atoms with Crippen LogP contribution < -0.4 is 10.6 Å². The molecule has 0 atom stereocenters. The summed E-state index contributed by atoms with van der Waals surface area (Å²) in [6, 6.07) is 6.40. The topological polar surface area (TPSA) is 66.9 Å². The molecule has 1 aromatic carbocycles. The Kier molecular flexibility index (Phi) is 5.28. The zero-order chi connectivity index (χ0) is 16.3. The number of anilines is 1. The van der Waals surface area contributed by atoms with E-state index in [1.54, 1.807) is 12.1 Å². The predicted molar refractivity (Wildman–Crippen MR) is 91.7 cm³/mol. The highest BCUT2D eigenvalue weighted by Crippen LogP contribution is 2.22. The molecule has 2 rings (SSSR count). The third-order valence-electron chi connectivity index (χ3n) is 2.62. The first-order chi connectivity index (χ1) is 10.3. The van der Waals surface area contributed by atoms with Crippen LogP contribution in [0.5, 0.6) is 0 Å². The Hall–Kier alpha value is -1.76. The lowest BCUT2D eigenvalue weighted by atomic mass is 10.2. The van der Waals surface area contributed by atoms with Gasteiger partial charge in [0.1, 0.15) is 0 Å². The molecule has 1 aromatic heterocycles. The molecule has 0 saturated carbocycles. The lowest BCUT2D eigenvalue weighted by Crippen LogP contribution is -2.34. The van der Waals surface area contributed by atoms with Gasteiger partial charge in [0.05, 0.1) is 10.0 Å². The highest BCUT2D eigenvalue weighted by molar-refractivity contribution is 7.80. The molecule has 1 heterocycles. The summed E-state index contributed by atoms with van der Waals surface area (Å²) in [6.07, 6.45) is 0. The summed E-state index contributed by atoms with van der Waals surface area (Å²) >= 11 is 16.8. The Morgan fingerprint density at radius 3 is 2.32 bits per heavy atom. The van der Waals surface area contributed by atoms with Gasteiger partial charge in [-0.15, -0.1) is 0 Å². The fourth-order valence-electron chi connectivity index (χ4n) is 1.73. The second-order valence-electron chi connectivity index (χ2n) is 4.51. The number of amides is 1. The number of benzene rings is 1. The first-order valence-electron chi connectivity index (χ1n) is 6.25. The van der Waals surface area contributed by atoms with Gasteiger partial charge >= 0.3 is 0 Å². The Morgan fingerprint density at radius 2 is 1.73 bits per heavy atom. The number of hydrogen-bond donors (Lipinski definition) is 2. The number of aromatic nitrogens is 2. The maximum Gasteiger partial charge on any atom is 0.257 e. The normalized spacial score (nSPS) is 10.2. The molecule has 0 saturated heterocycles. The van der Waals surface area contributed by atoms with E-state index in [0.29, 0.717) is 21.6 Å². The van der Waals surface area contributed by atoms with E-state index in [9.17, 15) is 4.79 Å². The van der Waals surface area contributed by atoms with Crippen LogP contribution in [0.4, 0.5) is 5.95 Å². The van der Waals surface area contributed by atoms with Crippen LogP contribution in [0.3, 0.4) is 0 Å². The van der Waals surface area contributed by atoms with Crippen molar-refractivity contribution in [2.45, 2.75) is 13.8 Å². The van der Waals surface area contributed by atoms with E-state index in [1.807, 2.05) is 19.9 Å². The maximum atomic E-state index is 12.1. The molecule has 114 valence electrons. The molecule has 0 bridgehead atoms. The molecule has 1 amide bonds. The quantitative estimate of drug-likeness (QED) is 0.807. The van der Waals surface area contributed by atoms with Gasteiger partial charge in [0.2, 0.25) is 5.95 Å². The van der Waals surface area contributed by atoms with Crippen LogP contribution in [0, 0.1) is 13.8 Å². The molecule has 2 N–H and O–H groups in total. The Bertz CT molecular complexity index is 731. The average molecular weight is 355 g/mol. The van der Waals surface area contributed by atoms with Crippen molar-refractivity contribution in [3.8, 4) is 0 Å². The largest absolute Gasteiger partial charge is 0.301 e. The minimum absolute atomic E-state index is 0.0982. The molecule has 0 spiro atoms. The molecule has 0 unspecified atom stereocenters. The van der Waals surface area contributed by atoms with Gasteiger partial charge in [0, 0.05) is 17.0 Å². The standard InChI is InChI=1S/C14H12Cl2N4OS/c1-7-5-8(2)18-13(17-7)20-14(22)19-12(21)9-3-4-10(15)11(16)6-9/h3-6H,1-2H3,(H2,17,18,19,20,21,22). The molecule has 0 aliphatic carbocycles. The van der Waals surface area contributed by atoms with Gasteiger partial charge in [-0.05, 0) is 50.3 Å². The summed E-state index contributed by atoms with van der Waals surface area (Å²) in [5, 5.41) is 6.07. The van der Waals surface area contributed by atoms with Crippen LogP contribution in [-0.4, -0.2) is 21.0 Å². The molecule has 2 aromatic rings. The molecule has 0 radical (unpaired) electrons.